The molecule has 1 aliphatic heterocycles. The molecule has 0 amide bonds. The Balaban J connectivity index is 1.19. The molecule has 0 atom stereocenters. The van der Waals surface area contributed by atoms with Crippen LogP contribution in [0.4, 0.5) is 5.95 Å². The van der Waals surface area contributed by atoms with E-state index >= 15 is 0 Å². The smallest absolute Gasteiger partial charge is 0.243 e. The number of nitrogens with zero attached hydrogens (tertiary/aromatic N) is 6. The first-order chi connectivity index (χ1) is 14.4. The summed E-state index contributed by atoms with van der Waals surface area (Å²) in [6, 6.07) is 12.3. The number of benzene rings is 1. The van der Waals surface area contributed by atoms with Crippen LogP contribution in [0.25, 0.3) is 0 Å². The molecule has 8 heteroatoms. The molecule has 8 nitrogen and oxygen atoms in total. The molecular weight excluding hydrogens is 366 g/mol. The van der Waals surface area contributed by atoms with Crippen LogP contribution < -0.4 is 10.1 Å². The van der Waals surface area contributed by atoms with Crippen molar-refractivity contribution in [3.8, 4) is 5.75 Å². The van der Waals surface area contributed by atoms with E-state index in [2.05, 4.69) is 48.9 Å². The van der Waals surface area contributed by atoms with Crippen molar-refractivity contribution < 1.29 is 4.74 Å². The van der Waals surface area contributed by atoms with Crippen molar-refractivity contribution in [3.63, 3.8) is 0 Å². The molecule has 0 aliphatic carbocycles. The van der Waals surface area contributed by atoms with Crippen molar-refractivity contribution in [2.24, 2.45) is 0 Å². The van der Waals surface area contributed by atoms with Crippen molar-refractivity contribution in [3.05, 3.63) is 59.9 Å². The van der Waals surface area contributed by atoms with Gasteiger partial charge in [0.1, 0.15) is 5.75 Å². The summed E-state index contributed by atoms with van der Waals surface area (Å²) in [7, 11) is 0. The van der Waals surface area contributed by atoms with Gasteiger partial charge in [0.05, 0.1) is 13.2 Å². The van der Waals surface area contributed by atoms with E-state index in [0.29, 0.717) is 19.1 Å². The van der Waals surface area contributed by atoms with Crippen LogP contribution in [0.3, 0.4) is 0 Å². The third kappa shape index (κ3) is 5.74. The molecule has 4 rings (SSSR count). The van der Waals surface area contributed by atoms with Crippen molar-refractivity contribution in [1.82, 2.24) is 30.1 Å². The third-order valence-electron chi connectivity index (χ3n) is 4.96. The van der Waals surface area contributed by atoms with Gasteiger partial charge in [0.2, 0.25) is 5.95 Å². The summed E-state index contributed by atoms with van der Waals surface area (Å²) in [6.07, 6.45) is 7.06. The van der Waals surface area contributed by atoms with E-state index in [0.717, 1.165) is 30.8 Å². The minimum absolute atomic E-state index is 0.587. The fraction of sp³-hybridized carbons (Fsp3) is 0.429. The Kier molecular flexibility index (Phi) is 6.64. The summed E-state index contributed by atoms with van der Waals surface area (Å²) in [6.45, 7) is 5.39. The van der Waals surface area contributed by atoms with Crippen LogP contribution in [0.5, 0.6) is 5.75 Å². The molecule has 29 heavy (non-hydrogen) atoms. The molecule has 152 valence electrons. The molecule has 3 aromatic rings. The molecule has 2 aromatic heterocycles. The van der Waals surface area contributed by atoms with Gasteiger partial charge >= 0.3 is 0 Å². The number of pyridine rings is 1. The highest BCUT2D eigenvalue weighted by atomic mass is 16.5. The number of likely N-dealkylation sites (tertiary alicyclic amines) is 1. The summed E-state index contributed by atoms with van der Waals surface area (Å²) in [4.78, 5) is 6.62. The Morgan fingerprint density at radius 2 is 1.93 bits per heavy atom. The second-order valence-corrected chi connectivity index (χ2v) is 7.28. The molecule has 0 spiro atoms. The van der Waals surface area contributed by atoms with Crippen LogP contribution in [0, 0.1) is 0 Å². The minimum Gasteiger partial charge on any atom is -0.494 e. The number of ether oxygens (including phenoxy) is 1. The molecule has 1 aliphatic rings. The minimum atomic E-state index is 0.587. The summed E-state index contributed by atoms with van der Waals surface area (Å²) < 4.78 is 7.67. The first-order valence-corrected chi connectivity index (χ1v) is 10.2. The number of anilines is 1. The number of nitrogens with one attached hydrogen (secondary N) is 1. The van der Waals surface area contributed by atoms with Gasteiger partial charge in [0.15, 0.2) is 0 Å². The van der Waals surface area contributed by atoms with Crippen molar-refractivity contribution in [1.29, 1.82) is 0 Å². The quantitative estimate of drug-likeness (QED) is 0.530. The van der Waals surface area contributed by atoms with Gasteiger partial charge in [0.25, 0.3) is 0 Å². The van der Waals surface area contributed by atoms with E-state index < -0.39 is 0 Å². The average Bonchev–Trinajstić information content (AvgIpc) is 3.41. The number of hydrogen-bond acceptors (Lipinski definition) is 7. The molecule has 0 bridgehead atoms. The molecule has 1 fully saturated rings. The summed E-state index contributed by atoms with van der Waals surface area (Å²) >= 11 is 0. The first-order valence-electron chi connectivity index (χ1n) is 10.2. The molecule has 0 radical (unpaired) electrons. The van der Waals surface area contributed by atoms with Gasteiger partial charge in [-0.1, -0.05) is 23.3 Å². The SMILES string of the molecule is c1cncc(Cn2nnnc2NCCCOc2cccc(CN3CCCC3)c2)c1. The van der Waals surface area contributed by atoms with Gasteiger partial charge in [-0.2, -0.15) is 0 Å². The number of aromatic nitrogens is 5. The van der Waals surface area contributed by atoms with Gasteiger partial charge in [-0.3, -0.25) is 9.88 Å². The van der Waals surface area contributed by atoms with Crippen molar-refractivity contribution in [2.45, 2.75) is 32.4 Å². The van der Waals surface area contributed by atoms with E-state index in [9.17, 15) is 0 Å². The Hall–Kier alpha value is -3.00. The molecule has 0 saturated carbocycles. The van der Waals surface area contributed by atoms with E-state index in [-0.39, 0.29) is 0 Å². The molecule has 1 N–H and O–H groups in total. The van der Waals surface area contributed by atoms with E-state index in [1.165, 1.54) is 31.5 Å². The summed E-state index contributed by atoms with van der Waals surface area (Å²) in [5.74, 6) is 1.59. The van der Waals surface area contributed by atoms with Crippen LogP contribution in [-0.4, -0.2) is 56.3 Å². The van der Waals surface area contributed by atoms with Crippen molar-refractivity contribution >= 4 is 5.95 Å². The highest BCUT2D eigenvalue weighted by Crippen LogP contribution is 2.17. The highest BCUT2D eigenvalue weighted by molar-refractivity contribution is 5.28. The van der Waals surface area contributed by atoms with Crippen LogP contribution >= 0.6 is 0 Å². The first kappa shape index (κ1) is 19.3. The van der Waals surface area contributed by atoms with Crippen molar-refractivity contribution in [2.75, 3.05) is 31.6 Å². The number of hydrogen-bond donors (Lipinski definition) is 1. The summed E-state index contributed by atoms with van der Waals surface area (Å²) in [5.41, 5.74) is 2.37. The Bertz CT molecular complexity index is 878. The molecule has 3 heterocycles. The Morgan fingerprint density at radius 3 is 2.79 bits per heavy atom. The molecular formula is C21H27N7O. The maximum Gasteiger partial charge on any atom is 0.243 e. The van der Waals surface area contributed by atoms with Gasteiger partial charge < -0.3 is 10.1 Å². The van der Waals surface area contributed by atoms with E-state index in [4.69, 9.17) is 4.74 Å². The predicted octanol–water partition coefficient (Wildman–Crippen LogP) is 2.59. The van der Waals surface area contributed by atoms with Gasteiger partial charge in [0, 0.05) is 25.5 Å². The van der Waals surface area contributed by atoms with Crippen LogP contribution in [-0.2, 0) is 13.1 Å². The second kappa shape index (κ2) is 9.97. The normalized spacial score (nSPS) is 14.2. The topological polar surface area (TPSA) is 81.0 Å². The summed E-state index contributed by atoms with van der Waals surface area (Å²) in [5, 5.41) is 15.1. The second-order valence-electron chi connectivity index (χ2n) is 7.28. The van der Waals surface area contributed by atoms with Crippen LogP contribution in [0.2, 0.25) is 0 Å². The fourth-order valence-electron chi connectivity index (χ4n) is 3.50. The molecule has 1 saturated heterocycles. The largest absolute Gasteiger partial charge is 0.494 e. The van der Waals surface area contributed by atoms with E-state index in [1.807, 2.05) is 24.4 Å². The lowest BCUT2D eigenvalue weighted by Crippen LogP contribution is -2.18. The average molecular weight is 393 g/mol. The van der Waals surface area contributed by atoms with E-state index in [1.54, 1.807) is 10.9 Å². The monoisotopic (exact) mass is 393 g/mol. The highest BCUT2D eigenvalue weighted by Gasteiger charge is 2.12. The lowest BCUT2D eigenvalue weighted by molar-refractivity contribution is 0.310. The molecule has 1 aromatic carbocycles. The fourth-order valence-corrected chi connectivity index (χ4v) is 3.50. The number of tetrazole rings is 1. The maximum atomic E-state index is 5.93. The predicted molar refractivity (Wildman–Crippen MR) is 111 cm³/mol. The lowest BCUT2D eigenvalue weighted by atomic mass is 10.2. The van der Waals surface area contributed by atoms with Gasteiger partial charge in [-0.05, 0) is 72.1 Å². The lowest BCUT2D eigenvalue weighted by Gasteiger charge is -2.15. The Labute approximate surface area is 170 Å². The van der Waals surface area contributed by atoms with Gasteiger partial charge in [-0.25, -0.2) is 4.68 Å². The maximum absolute atomic E-state index is 5.93. The zero-order valence-electron chi connectivity index (χ0n) is 16.6. The zero-order chi connectivity index (χ0) is 19.7. The third-order valence-corrected chi connectivity index (χ3v) is 4.96. The molecule has 0 unspecified atom stereocenters. The van der Waals surface area contributed by atoms with Gasteiger partial charge in [-0.15, -0.1) is 0 Å². The Morgan fingerprint density at radius 1 is 1.03 bits per heavy atom. The van der Waals surface area contributed by atoms with Crippen LogP contribution in [0.15, 0.2) is 48.8 Å². The number of rotatable bonds is 10. The standard InChI is InChI=1S/C21H27N7O/c1-2-12-27(11-1)16-18-6-3-8-20(14-18)29-13-5-10-23-21-24-25-26-28(21)17-19-7-4-9-22-15-19/h3-4,6-9,14-15H,1-2,5,10-13,16-17H2,(H,23,24,26). The zero-order valence-corrected chi connectivity index (χ0v) is 16.6. The van der Waals surface area contributed by atoms with Crippen LogP contribution in [0.1, 0.15) is 30.4 Å².